The molecule has 0 unspecified atom stereocenters. The number of rotatable bonds is 4. The molecule has 3 aromatic rings. The SMILES string of the molecule is CN1CCN(C(=O)C2CCN(c3nc(C4CC4)nc4scc(-c5ccccc5)c34)CC2)CC1. The Balaban J connectivity index is 1.27. The van der Waals surface area contributed by atoms with E-state index in [-0.39, 0.29) is 5.92 Å². The van der Waals surface area contributed by atoms with Crippen LogP contribution >= 0.6 is 11.3 Å². The molecule has 2 saturated heterocycles. The number of nitrogens with zero attached hydrogens (tertiary/aromatic N) is 5. The van der Waals surface area contributed by atoms with E-state index < -0.39 is 0 Å². The van der Waals surface area contributed by atoms with Crippen molar-refractivity contribution in [1.82, 2.24) is 19.8 Å². The smallest absolute Gasteiger partial charge is 0.225 e. The molecule has 1 saturated carbocycles. The largest absolute Gasteiger partial charge is 0.356 e. The second-order valence-electron chi connectivity index (χ2n) is 9.77. The number of carbonyl (C=O) groups is 1. The van der Waals surface area contributed by atoms with Crippen LogP contribution in [0.1, 0.15) is 37.4 Å². The summed E-state index contributed by atoms with van der Waals surface area (Å²) in [6.07, 6.45) is 4.20. The zero-order chi connectivity index (χ0) is 22.4. The van der Waals surface area contributed by atoms with Crippen molar-refractivity contribution in [3.63, 3.8) is 0 Å². The van der Waals surface area contributed by atoms with Crippen molar-refractivity contribution in [2.24, 2.45) is 5.92 Å². The van der Waals surface area contributed by atoms with Crippen LogP contribution in [0.2, 0.25) is 0 Å². The molecule has 7 heteroatoms. The minimum atomic E-state index is 0.140. The molecule has 0 radical (unpaired) electrons. The van der Waals surface area contributed by atoms with Gasteiger partial charge in [-0.2, -0.15) is 0 Å². The maximum absolute atomic E-state index is 13.1. The van der Waals surface area contributed by atoms with Gasteiger partial charge in [0.15, 0.2) is 0 Å². The molecule has 3 fully saturated rings. The summed E-state index contributed by atoms with van der Waals surface area (Å²) in [7, 11) is 2.13. The lowest BCUT2D eigenvalue weighted by Crippen LogP contribution is -2.50. The summed E-state index contributed by atoms with van der Waals surface area (Å²) in [6, 6.07) is 10.6. The van der Waals surface area contributed by atoms with E-state index >= 15 is 0 Å². The quantitative estimate of drug-likeness (QED) is 0.582. The van der Waals surface area contributed by atoms with Crippen LogP contribution in [0.4, 0.5) is 5.82 Å². The summed E-state index contributed by atoms with van der Waals surface area (Å²) in [5, 5.41) is 3.41. The van der Waals surface area contributed by atoms with Crippen molar-refractivity contribution >= 4 is 33.3 Å². The van der Waals surface area contributed by atoms with Gasteiger partial charge in [-0.3, -0.25) is 4.79 Å². The third-order valence-electron chi connectivity index (χ3n) is 7.42. The predicted octanol–water partition coefficient (Wildman–Crippen LogP) is 4.23. The first-order valence-corrected chi connectivity index (χ1v) is 13.1. The van der Waals surface area contributed by atoms with E-state index in [0.717, 1.165) is 68.6 Å². The first kappa shape index (κ1) is 21.1. The van der Waals surface area contributed by atoms with Crippen LogP contribution in [-0.4, -0.2) is 72.0 Å². The molecule has 2 aromatic heterocycles. The Bertz CT molecular complexity index is 1140. The molecule has 4 heterocycles. The summed E-state index contributed by atoms with van der Waals surface area (Å²) >= 11 is 1.73. The lowest BCUT2D eigenvalue weighted by atomic mass is 9.94. The molecule has 6 rings (SSSR count). The van der Waals surface area contributed by atoms with Crippen molar-refractivity contribution in [2.45, 2.75) is 31.6 Å². The topological polar surface area (TPSA) is 52.6 Å². The number of piperazine rings is 1. The number of piperidine rings is 1. The number of aromatic nitrogens is 2. The minimum absolute atomic E-state index is 0.140. The van der Waals surface area contributed by atoms with Crippen LogP contribution in [-0.2, 0) is 4.79 Å². The lowest BCUT2D eigenvalue weighted by Gasteiger charge is -2.38. The number of fused-ring (bicyclic) bond motifs is 1. The van der Waals surface area contributed by atoms with E-state index in [1.165, 1.54) is 29.4 Å². The normalized spacial score (nSPS) is 20.5. The Morgan fingerprint density at radius 1 is 0.939 bits per heavy atom. The number of hydrogen-bond acceptors (Lipinski definition) is 6. The van der Waals surface area contributed by atoms with Gasteiger partial charge in [0.25, 0.3) is 0 Å². The highest BCUT2D eigenvalue weighted by molar-refractivity contribution is 7.17. The number of carbonyl (C=O) groups excluding carboxylic acids is 1. The summed E-state index contributed by atoms with van der Waals surface area (Å²) < 4.78 is 0. The van der Waals surface area contributed by atoms with Crippen LogP contribution in [0.3, 0.4) is 0 Å². The van der Waals surface area contributed by atoms with Crippen molar-refractivity contribution in [3.8, 4) is 11.1 Å². The third kappa shape index (κ3) is 4.13. The number of thiophene rings is 1. The minimum Gasteiger partial charge on any atom is -0.356 e. The number of benzene rings is 1. The maximum Gasteiger partial charge on any atom is 0.225 e. The van der Waals surface area contributed by atoms with Gasteiger partial charge in [-0.1, -0.05) is 30.3 Å². The fraction of sp³-hybridized carbons (Fsp3) is 0.500. The van der Waals surface area contributed by atoms with E-state index in [1.54, 1.807) is 11.3 Å². The molecule has 2 aliphatic heterocycles. The van der Waals surface area contributed by atoms with Crippen LogP contribution in [0.5, 0.6) is 0 Å². The second-order valence-corrected chi connectivity index (χ2v) is 10.6. The number of amides is 1. The maximum atomic E-state index is 13.1. The Kier molecular flexibility index (Phi) is 5.54. The van der Waals surface area contributed by atoms with Gasteiger partial charge in [-0.25, -0.2) is 9.97 Å². The zero-order valence-electron chi connectivity index (χ0n) is 19.2. The molecule has 0 N–H and O–H groups in total. The molecule has 172 valence electrons. The summed E-state index contributed by atoms with van der Waals surface area (Å²) in [5.41, 5.74) is 2.44. The van der Waals surface area contributed by atoms with Gasteiger partial charge in [0.1, 0.15) is 16.5 Å². The van der Waals surface area contributed by atoms with Crippen LogP contribution < -0.4 is 4.90 Å². The first-order chi connectivity index (χ1) is 16.2. The Morgan fingerprint density at radius 2 is 1.67 bits per heavy atom. The predicted molar refractivity (Wildman–Crippen MR) is 134 cm³/mol. The van der Waals surface area contributed by atoms with Gasteiger partial charge in [-0.05, 0) is 38.3 Å². The van der Waals surface area contributed by atoms with E-state index in [9.17, 15) is 4.79 Å². The fourth-order valence-corrected chi connectivity index (χ4v) is 6.09. The van der Waals surface area contributed by atoms with Crippen molar-refractivity contribution in [3.05, 3.63) is 41.5 Å². The molecular weight excluding hydrogens is 430 g/mol. The molecule has 0 spiro atoms. The molecule has 3 aliphatic rings. The van der Waals surface area contributed by atoms with Gasteiger partial charge in [0.2, 0.25) is 5.91 Å². The summed E-state index contributed by atoms with van der Waals surface area (Å²) in [6.45, 7) is 5.45. The van der Waals surface area contributed by atoms with Crippen molar-refractivity contribution < 1.29 is 4.79 Å². The summed E-state index contributed by atoms with van der Waals surface area (Å²) in [4.78, 5) is 31.1. The van der Waals surface area contributed by atoms with Gasteiger partial charge in [-0.15, -0.1) is 11.3 Å². The van der Waals surface area contributed by atoms with Crippen molar-refractivity contribution in [1.29, 1.82) is 0 Å². The van der Waals surface area contributed by atoms with Gasteiger partial charge >= 0.3 is 0 Å². The van der Waals surface area contributed by atoms with E-state index in [2.05, 4.69) is 57.5 Å². The Hall–Kier alpha value is -2.51. The average molecular weight is 462 g/mol. The van der Waals surface area contributed by atoms with Crippen molar-refractivity contribution in [2.75, 3.05) is 51.2 Å². The molecule has 0 atom stereocenters. The number of likely N-dealkylation sites (N-methyl/N-ethyl adjacent to an activating group) is 1. The van der Waals surface area contributed by atoms with Crippen LogP contribution in [0.15, 0.2) is 35.7 Å². The summed E-state index contributed by atoms with van der Waals surface area (Å²) in [5.74, 6) is 3.10. The molecule has 1 aliphatic carbocycles. The number of hydrogen-bond donors (Lipinski definition) is 0. The number of anilines is 1. The molecule has 1 aromatic carbocycles. The van der Waals surface area contributed by atoms with Gasteiger partial charge in [0, 0.05) is 62.0 Å². The zero-order valence-corrected chi connectivity index (χ0v) is 20.1. The Labute approximate surface area is 199 Å². The Morgan fingerprint density at radius 3 is 2.36 bits per heavy atom. The average Bonchev–Trinajstić information content (AvgIpc) is 3.63. The third-order valence-corrected chi connectivity index (χ3v) is 8.29. The van der Waals surface area contributed by atoms with E-state index in [0.29, 0.717) is 11.8 Å². The van der Waals surface area contributed by atoms with E-state index in [4.69, 9.17) is 9.97 Å². The highest BCUT2D eigenvalue weighted by Crippen LogP contribution is 2.44. The van der Waals surface area contributed by atoms with Crippen LogP contribution in [0.25, 0.3) is 21.3 Å². The lowest BCUT2D eigenvalue weighted by molar-refractivity contribution is -0.137. The van der Waals surface area contributed by atoms with Gasteiger partial charge in [0.05, 0.1) is 5.39 Å². The van der Waals surface area contributed by atoms with Crippen LogP contribution in [0, 0.1) is 5.92 Å². The molecule has 33 heavy (non-hydrogen) atoms. The monoisotopic (exact) mass is 461 g/mol. The molecule has 1 amide bonds. The highest BCUT2D eigenvalue weighted by atomic mass is 32.1. The fourth-order valence-electron chi connectivity index (χ4n) is 5.15. The second kappa shape index (κ2) is 8.69. The van der Waals surface area contributed by atoms with Gasteiger partial charge < -0.3 is 14.7 Å². The molecular formula is C26H31N5OS. The van der Waals surface area contributed by atoms with E-state index in [1.807, 2.05) is 0 Å². The standard InChI is InChI=1S/C26H31N5OS/c1-29-13-15-31(16-14-29)26(32)20-9-11-30(12-10-20)24-22-21(18-5-3-2-4-6-18)17-33-25(22)28-23(27-24)19-7-8-19/h2-6,17,19-20H,7-16H2,1H3. The molecule has 0 bridgehead atoms. The first-order valence-electron chi connectivity index (χ1n) is 12.2. The molecule has 6 nitrogen and oxygen atoms in total. The highest BCUT2D eigenvalue weighted by Gasteiger charge is 2.33.